The van der Waals surface area contributed by atoms with Gasteiger partial charge < -0.3 is 29.6 Å². The van der Waals surface area contributed by atoms with Crippen molar-refractivity contribution in [1.82, 2.24) is 0 Å². The Labute approximate surface area is 678 Å². The van der Waals surface area contributed by atoms with E-state index < -0.39 is 250 Å². The Balaban J connectivity index is 0.950. The molecule has 0 aromatic heterocycles. The highest BCUT2D eigenvalue weighted by Gasteiger charge is 2.32. The van der Waals surface area contributed by atoms with E-state index in [2.05, 4.69) is 56.5 Å². The quantitative estimate of drug-likeness (QED) is 0.00984. The van der Waals surface area contributed by atoms with E-state index in [1.165, 1.54) is 55.5 Å². The average molecular weight is 1820 g/mol. The van der Waals surface area contributed by atoms with Crippen molar-refractivity contribution in [2.24, 2.45) is 51.1 Å². The third-order valence-corrected chi connectivity index (χ3v) is 25.3. The molecule has 0 bridgehead atoms. The molecule has 12 rings (SSSR count). The molecule has 0 spiro atoms. The van der Waals surface area contributed by atoms with Crippen LogP contribution >= 0.6 is 0 Å². The number of aromatic hydroxyl groups is 3. The van der Waals surface area contributed by atoms with Gasteiger partial charge in [-0.2, -0.15) is 86.0 Å². The molecule has 0 atom stereocenters. The molecule has 12 N–H and O–H groups in total. The predicted molar refractivity (Wildman–Crippen MR) is 423 cm³/mol. The Bertz CT molecular complexity index is 7660. The summed E-state index contributed by atoms with van der Waals surface area (Å²) in [5, 5.41) is 73.8. The molecule has 0 heterocycles. The zero-order valence-electron chi connectivity index (χ0n) is 60.1. The summed E-state index contributed by atoms with van der Waals surface area (Å²) in [7, 11) is -47.5. The molecule has 0 saturated heterocycles. The second-order valence-corrected chi connectivity index (χ2v) is 38.3. The molecule has 51 heteroatoms. The lowest BCUT2D eigenvalue weighted by atomic mass is 10.0. The van der Waals surface area contributed by atoms with Crippen molar-refractivity contribution < 1.29 is 136 Å². The van der Waals surface area contributed by atoms with Gasteiger partial charge in [0.05, 0.1) is 50.3 Å². The molecule has 0 saturated carbocycles. The number of ether oxygens (including phenoxy) is 1. The number of benzene rings is 12. The molecule has 12 aromatic rings. The third-order valence-electron chi connectivity index (χ3n) is 17.1. The SMILES string of the molecule is Cc1ccc(S(=O)(=O)Oc2cc(S(=O)(=O)O)cc3cc(S(=O)(=O)O)cc(N=Nc4cc(OCCCS(=O)(=O)O)c(N=Nc5c(S(=O)(=O)O)cc6c(S(=O)(=O)O)c(N=Nc7c(Nc8ccccc8)ccc8c(O)c(N=Nc9ccc%10c(O)c(N=Nc%11ccccc%11S(=O)(=O)O)c(S(=O)(=O)O)cc%10c9)c(S(=O)(=O)O)cc78)ccc6c5O)cc4C)c23)cc1. The number of para-hydroxylation sites is 1. The largest absolute Gasteiger partial charge is 0.505 e. The fourth-order valence-electron chi connectivity index (χ4n) is 11.7. The van der Waals surface area contributed by atoms with Crippen LogP contribution in [-0.2, 0) is 91.1 Å². The first-order valence-electron chi connectivity index (χ1n) is 33.0. The molecule has 42 nitrogen and oxygen atoms in total. The molecule has 624 valence electrons. The van der Waals surface area contributed by atoms with Gasteiger partial charge in [0.25, 0.3) is 80.9 Å². The van der Waals surface area contributed by atoms with Gasteiger partial charge in [0, 0.05) is 44.8 Å². The van der Waals surface area contributed by atoms with Gasteiger partial charge in [0.15, 0.2) is 23.0 Å². The smallest absolute Gasteiger partial charge is 0.339 e. The molecule has 0 radical (unpaired) electrons. The molecule has 0 aliphatic heterocycles. The number of nitrogens with one attached hydrogen (secondary N) is 1. The van der Waals surface area contributed by atoms with Crippen LogP contribution in [0.25, 0.3) is 43.1 Å². The Morgan fingerprint density at radius 1 is 0.350 bits per heavy atom. The van der Waals surface area contributed by atoms with E-state index in [-0.39, 0.29) is 44.5 Å². The normalized spacial score (nSPS) is 13.2. The van der Waals surface area contributed by atoms with Gasteiger partial charge >= 0.3 is 10.1 Å². The van der Waals surface area contributed by atoms with E-state index in [9.17, 15) is 128 Å². The summed E-state index contributed by atoms with van der Waals surface area (Å²) in [4.78, 5) is -8.42. The maximum absolute atomic E-state index is 13.7. The van der Waals surface area contributed by atoms with E-state index in [0.717, 1.165) is 72.8 Å². The summed E-state index contributed by atoms with van der Waals surface area (Å²) < 4.78 is 326. The number of aryl methyl sites for hydroxylation is 2. The highest BCUT2D eigenvalue weighted by molar-refractivity contribution is 7.88. The van der Waals surface area contributed by atoms with Crippen molar-refractivity contribution in [1.29, 1.82) is 0 Å². The lowest BCUT2D eigenvalue weighted by molar-refractivity contribution is 0.317. The molecule has 0 amide bonds. The average Bonchev–Trinajstić information content (AvgIpc) is 0.747. The van der Waals surface area contributed by atoms with E-state index in [0.29, 0.717) is 42.0 Å². The van der Waals surface area contributed by atoms with E-state index in [1.807, 2.05) is 0 Å². The molecule has 0 aliphatic carbocycles. The van der Waals surface area contributed by atoms with Crippen LogP contribution in [0.2, 0.25) is 0 Å². The van der Waals surface area contributed by atoms with Crippen molar-refractivity contribution in [3.05, 3.63) is 187 Å². The summed E-state index contributed by atoms with van der Waals surface area (Å²) in [6, 6.07) is 31.1. The molecule has 0 fully saturated rings. The second-order valence-electron chi connectivity index (χ2n) is 25.4. The Morgan fingerprint density at radius 2 is 0.850 bits per heavy atom. The zero-order valence-corrected chi connectivity index (χ0v) is 67.4. The highest BCUT2D eigenvalue weighted by atomic mass is 32.3. The van der Waals surface area contributed by atoms with Gasteiger partial charge in [-0.1, -0.05) is 48.0 Å². The topological polar surface area (TPSA) is 684 Å². The molecular formula is C69H53N11O31S9. The van der Waals surface area contributed by atoms with Crippen molar-refractivity contribution in [2.45, 2.75) is 59.4 Å². The first-order chi connectivity index (χ1) is 55.8. The van der Waals surface area contributed by atoms with Gasteiger partial charge in [-0.15, -0.1) is 40.9 Å². The summed E-state index contributed by atoms with van der Waals surface area (Å²) in [5.74, 6) is -5.67. The summed E-state index contributed by atoms with van der Waals surface area (Å²) >= 11 is 0. The standard InChI is InChI=1S/C69H53N11O31S9/c1-35-13-16-41(17-14-35)120(108,109)111-56-31-43(114(90,91)92)28-38-27-42(113(87,88)89)30-54(61(38)56)76-74-52-34-55(110-23-8-24-112(84,85)86)53(25-36(52)2)75-80-65-60(118(102,103)104)33-48-46(68(65)83)20-22-51(69(48)119(105,106)107)73-77-62-47-32-59(117(99,100)101)64(67(82)45(47)19-21-50(62)70-39-9-4-3-5-10-39)78-71-40-15-18-44-37(26-40)29-58(116(96,97)98)63(66(44)81)79-72-49-11-6-7-12-57(49)115(93,94)95/h3-7,9-22,25-34,70,81-83H,8,23-24H2,1-2H3,(H,84,85,86)(H,87,88,89)(H,90,91,92)(H,93,94,95)(H,96,97,98)(H,99,100,101)(H,102,103,104)(H,105,106,107). The number of fused-ring (bicyclic) bond motifs is 4. The van der Waals surface area contributed by atoms with Gasteiger partial charge in [0.1, 0.15) is 74.9 Å². The van der Waals surface area contributed by atoms with Crippen LogP contribution < -0.4 is 14.2 Å². The molecule has 0 unspecified atom stereocenters. The number of azo groups is 5. The number of nitrogens with zero attached hydrogens (tertiary/aromatic N) is 10. The highest BCUT2D eigenvalue weighted by Crippen LogP contribution is 2.52. The number of anilines is 2. The van der Waals surface area contributed by atoms with Gasteiger partial charge in [0.2, 0.25) is 0 Å². The maximum Gasteiger partial charge on any atom is 0.339 e. The van der Waals surface area contributed by atoms with E-state index >= 15 is 0 Å². The van der Waals surface area contributed by atoms with E-state index in [4.69, 9.17) is 8.92 Å². The van der Waals surface area contributed by atoms with Crippen molar-refractivity contribution in [3.63, 3.8) is 0 Å². The van der Waals surface area contributed by atoms with Gasteiger partial charge in [-0.05, 0) is 158 Å². The van der Waals surface area contributed by atoms with Gasteiger partial charge in [-0.3, -0.25) is 36.4 Å². The Kier molecular flexibility index (Phi) is 23.5. The minimum atomic E-state index is -5.78. The van der Waals surface area contributed by atoms with Crippen LogP contribution in [0, 0.1) is 13.8 Å². The predicted octanol–water partition coefficient (Wildman–Crippen LogP) is 15.0. The fourth-order valence-corrected chi connectivity index (χ4v) is 17.6. The number of rotatable bonds is 27. The molecule has 0 aliphatic rings. The second kappa shape index (κ2) is 32.4. The number of hydrogen-bond donors (Lipinski definition) is 12. The molecular weight excluding hydrogens is 1770 g/mol. The van der Waals surface area contributed by atoms with Crippen LogP contribution in [0.15, 0.2) is 266 Å². The number of phenolic OH excluding ortho intramolecular Hbond substituents is 3. The van der Waals surface area contributed by atoms with Crippen LogP contribution in [-0.4, -0.2) is 140 Å². The number of hydrogen-bond acceptors (Lipinski definition) is 34. The first-order valence-corrected chi connectivity index (χ1v) is 46.1. The number of phenols is 3. The minimum absolute atomic E-state index is 0.0489. The maximum atomic E-state index is 13.7. The minimum Gasteiger partial charge on any atom is -0.505 e. The van der Waals surface area contributed by atoms with Crippen molar-refractivity contribution in [2.75, 3.05) is 17.7 Å². The lowest BCUT2D eigenvalue weighted by Crippen LogP contribution is -2.11. The summed E-state index contributed by atoms with van der Waals surface area (Å²) in [6.07, 6.45) is -0.472. The molecule has 12 aromatic carbocycles. The lowest BCUT2D eigenvalue weighted by Gasteiger charge is -2.15. The first kappa shape index (κ1) is 87.0. The van der Waals surface area contributed by atoms with Crippen LogP contribution in [0.3, 0.4) is 0 Å². The van der Waals surface area contributed by atoms with Crippen LogP contribution in [0.5, 0.6) is 28.7 Å². The van der Waals surface area contributed by atoms with Gasteiger partial charge in [-0.25, -0.2) is 0 Å². The Morgan fingerprint density at radius 3 is 1.44 bits per heavy atom. The fraction of sp³-hybridized carbons (Fsp3) is 0.0725. The molecule has 120 heavy (non-hydrogen) atoms. The van der Waals surface area contributed by atoms with E-state index in [1.54, 1.807) is 25.1 Å². The Hall–Kier alpha value is -12.3. The third kappa shape index (κ3) is 19.2. The zero-order chi connectivity index (χ0) is 87.5. The van der Waals surface area contributed by atoms with Crippen molar-refractivity contribution >= 4 is 202 Å². The van der Waals surface area contributed by atoms with Crippen LogP contribution in [0.1, 0.15) is 17.5 Å². The van der Waals surface area contributed by atoms with Crippen LogP contribution in [0.4, 0.5) is 68.2 Å². The monoisotopic (exact) mass is 1820 g/mol. The summed E-state index contributed by atoms with van der Waals surface area (Å²) in [6.45, 7) is 2.30. The van der Waals surface area contributed by atoms with Crippen molar-refractivity contribution in [3.8, 4) is 28.7 Å². The summed E-state index contributed by atoms with van der Waals surface area (Å²) in [5.41, 5.74) is -6.14.